The van der Waals surface area contributed by atoms with E-state index in [-0.39, 0.29) is 12.2 Å². The van der Waals surface area contributed by atoms with Crippen LogP contribution in [-0.4, -0.2) is 28.7 Å². The van der Waals surface area contributed by atoms with Gasteiger partial charge in [-0.1, -0.05) is 59.9 Å². The summed E-state index contributed by atoms with van der Waals surface area (Å²) in [7, 11) is 0. The fraction of sp³-hybridized carbons (Fsp3) is 0.172. The van der Waals surface area contributed by atoms with E-state index < -0.39 is 12.0 Å². The molecule has 3 heterocycles. The molecule has 0 aliphatic carbocycles. The van der Waals surface area contributed by atoms with Crippen molar-refractivity contribution in [1.82, 2.24) is 9.55 Å². The molecule has 1 aliphatic heterocycles. The molecule has 0 amide bonds. The van der Waals surface area contributed by atoms with Crippen LogP contribution in [0.4, 0.5) is 0 Å². The SMILES string of the molecule is CCOC(=O)C1=C(c2ccccc2)N=c2s/c(=C\c3cccnc3)c(=O)n2C1c1ccc(OCC)cc1. The molecule has 0 bridgehead atoms. The number of carbonyl (C=O) groups excluding carboxylic acids is 1. The second-order valence-electron chi connectivity index (χ2n) is 8.22. The Hall–Kier alpha value is -4.30. The van der Waals surface area contributed by atoms with Gasteiger partial charge in [0.2, 0.25) is 0 Å². The van der Waals surface area contributed by atoms with Gasteiger partial charge in [0.15, 0.2) is 4.80 Å². The summed E-state index contributed by atoms with van der Waals surface area (Å²) in [5, 5.41) is 0. The molecule has 0 spiro atoms. The summed E-state index contributed by atoms with van der Waals surface area (Å²) in [6.45, 7) is 4.42. The van der Waals surface area contributed by atoms with Gasteiger partial charge < -0.3 is 9.47 Å². The molecule has 7 nitrogen and oxygen atoms in total. The van der Waals surface area contributed by atoms with Crippen molar-refractivity contribution in [2.75, 3.05) is 13.2 Å². The summed E-state index contributed by atoms with van der Waals surface area (Å²) in [4.78, 5) is 36.8. The summed E-state index contributed by atoms with van der Waals surface area (Å²) in [5.74, 6) is 0.200. The van der Waals surface area contributed by atoms with Crippen molar-refractivity contribution in [2.45, 2.75) is 19.9 Å². The lowest BCUT2D eigenvalue weighted by molar-refractivity contribution is -0.138. The molecule has 1 aliphatic rings. The zero-order chi connectivity index (χ0) is 25.8. The molecular weight excluding hydrogens is 486 g/mol. The standard InChI is InChI=1S/C29H25N3O4S/c1-3-35-22-14-12-21(13-15-22)26-24(28(34)36-4-2)25(20-10-6-5-7-11-20)31-29-32(26)27(33)23(37-29)17-19-9-8-16-30-18-19/h5-18,26H,3-4H2,1-2H3/b23-17-. The molecule has 5 rings (SSSR count). The fourth-order valence-electron chi connectivity index (χ4n) is 4.28. The molecule has 1 unspecified atom stereocenters. The number of hydrogen-bond donors (Lipinski definition) is 0. The van der Waals surface area contributed by atoms with Gasteiger partial charge in [0, 0.05) is 18.0 Å². The number of pyridine rings is 1. The van der Waals surface area contributed by atoms with Crippen molar-refractivity contribution in [3.63, 3.8) is 0 Å². The Morgan fingerprint density at radius 3 is 2.49 bits per heavy atom. The third kappa shape index (κ3) is 4.88. The largest absolute Gasteiger partial charge is 0.494 e. The van der Waals surface area contributed by atoms with E-state index in [1.54, 1.807) is 30.0 Å². The average Bonchev–Trinajstić information content (AvgIpc) is 3.24. The van der Waals surface area contributed by atoms with Crippen LogP contribution in [0.2, 0.25) is 0 Å². The average molecular weight is 512 g/mol. The molecule has 0 fully saturated rings. The van der Waals surface area contributed by atoms with Crippen LogP contribution in [0.15, 0.2) is 94.5 Å². The van der Waals surface area contributed by atoms with Crippen LogP contribution in [0.1, 0.15) is 36.6 Å². The van der Waals surface area contributed by atoms with Gasteiger partial charge >= 0.3 is 5.97 Å². The molecule has 0 saturated carbocycles. The first-order valence-corrected chi connectivity index (χ1v) is 12.8. The molecule has 0 N–H and O–H groups in total. The number of rotatable bonds is 7. The Kier molecular flexibility index (Phi) is 7.09. The molecule has 2 aromatic heterocycles. The van der Waals surface area contributed by atoms with Crippen molar-refractivity contribution in [1.29, 1.82) is 0 Å². The van der Waals surface area contributed by atoms with Gasteiger partial charge in [-0.3, -0.25) is 14.3 Å². The Labute approximate surface area is 217 Å². The second kappa shape index (κ2) is 10.8. The minimum absolute atomic E-state index is 0.200. The van der Waals surface area contributed by atoms with Crippen molar-refractivity contribution < 1.29 is 14.3 Å². The summed E-state index contributed by atoms with van der Waals surface area (Å²) >= 11 is 1.28. The maximum atomic E-state index is 13.8. The van der Waals surface area contributed by atoms with Crippen LogP contribution in [-0.2, 0) is 9.53 Å². The number of carbonyl (C=O) groups is 1. The molecule has 2 aromatic carbocycles. The van der Waals surface area contributed by atoms with Gasteiger partial charge in [0.25, 0.3) is 5.56 Å². The van der Waals surface area contributed by atoms with Crippen LogP contribution in [0.3, 0.4) is 0 Å². The maximum absolute atomic E-state index is 13.8. The minimum Gasteiger partial charge on any atom is -0.494 e. The van der Waals surface area contributed by atoms with Crippen LogP contribution in [0, 0.1) is 0 Å². The minimum atomic E-state index is -0.725. The topological polar surface area (TPSA) is 82.8 Å². The van der Waals surface area contributed by atoms with Crippen molar-refractivity contribution in [2.24, 2.45) is 4.99 Å². The molecule has 0 radical (unpaired) electrons. The van der Waals surface area contributed by atoms with E-state index in [0.29, 0.717) is 33.0 Å². The van der Waals surface area contributed by atoms with Crippen molar-refractivity contribution in [3.8, 4) is 5.75 Å². The second-order valence-corrected chi connectivity index (χ2v) is 9.23. The zero-order valence-electron chi connectivity index (χ0n) is 20.5. The number of hydrogen-bond acceptors (Lipinski definition) is 7. The van der Waals surface area contributed by atoms with Crippen molar-refractivity contribution >= 4 is 29.1 Å². The van der Waals surface area contributed by atoms with Crippen LogP contribution >= 0.6 is 11.3 Å². The lowest BCUT2D eigenvalue weighted by Crippen LogP contribution is -2.40. The Morgan fingerprint density at radius 2 is 1.81 bits per heavy atom. The third-order valence-corrected chi connectivity index (χ3v) is 6.85. The monoisotopic (exact) mass is 511 g/mol. The summed E-state index contributed by atoms with van der Waals surface area (Å²) in [5.41, 5.74) is 2.90. The van der Waals surface area contributed by atoms with Gasteiger partial charge in [0.1, 0.15) is 5.75 Å². The third-order valence-electron chi connectivity index (χ3n) is 5.86. The van der Waals surface area contributed by atoms with E-state index in [1.807, 2.05) is 73.7 Å². The highest BCUT2D eigenvalue weighted by Gasteiger charge is 2.35. The smallest absolute Gasteiger partial charge is 0.338 e. The van der Waals surface area contributed by atoms with Crippen LogP contribution in [0.5, 0.6) is 5.75 Å². The molecule has 0 saturated heterocycles. The van der Waals surface area contributed by atoms with Crippen LogP contribution < -0.4 is 19.6 Å². The van der Waals surface area contributed by atoms with Gasteiger partial charge in [0.05, 0.1) is 35.1 Å². The predicted molar refractivity (Wildman–Crippen MR) is 143 cm³/mol. The molecular formula is C29H25N3O4S. The number of ether oxygens (including phenoxy) is 2. The number of fused-ring (bicyclic) bond motifs is 1. The molecule has 186 valence electrons. The maximum Gasteiger partial charge on any atom is 0.338 e. The van der Waals surface area contributed by atoms with E-state index in [0.717, 1.165) is 16.7 Å². The van der Waals surface area contributed by atoms with E-state index in [4.69, 9.17) is 14.5 Å². The lowest BCUT2D eigenvalue weighted by Gasteiger charge is -2.26. The lowest BCUT2D eigenvalue weighted by atomic mass is 9.93. The molecule has 4 aromatic rings. The highest BCUT2D eigenvalue weighted by Crippen LogP contribution is 2.35. The number of thiazole rings is 1. The first-order valence-electron chi connectivity index (χ1n) is 12.0. The molecule has 8 heteroatoms. The van der Waals surface area contributed by atoms with Crippen LogP contribution in [0.25, 0.3) is 11.8 Å². The predicted octanol–water partition coefficient (Wildman–Crippen LogP) is 3.73. The van der Waals surface area contributed by atoms with Gasteiger partial charge in [-0.2, -0.15) is 0 Å². The van der Waals surface area contributed by atoms with E-state index in [9.17, 15) is 9.59 Å². The summed E-state index contributed by atoms with van der Waals surface area (Å²) < 4.78 is 13.2. The Morgan fingerprint density at radius 1 is 1.03 bits per heavy atom. The fourth-order valence-corrected chi connectivity index (χ4v) is 5.28. The Bertz CT molecular complexity index is 1620. The van der Waals surface area contributed by atoms with Gasteiger partial charge in [-0.15, -0.1) is 0 Å². The Balaban J connectivity index is 1.80. The number of benzene rings is 2. The summed E-state index contributed by atoms with van der Waals surface area (Å²) in [6.07, 6.45) is 5.17. The quantitative estimate of drug-likeness (QED) is 0.353. The van der Waals surface area contributed by atoms with E-state index in [1.165, 1.54) is 11.3 Å². The molecule has 37 heavy (non-hydrogen) atoms. The molecule has 1 atom stereocenters. The van der Waals surface area contributed by atoms with E-state index >= 15 is 0 Å². The van der Waals surface area contributed by atoms with Gasteiger partial charge in [-0.25, -0.2) is 9.79 Å². The van der Waals surface area contributed by atoms with Gasteiger partial charge in [-0.05, 0) is 49.2 Å². The highest BCUT2D eigenvalue weighted by atomic mass is 32.1. The van der Waals surface area contributed by atoms with E-state index in [2.05, 4.69) is 4.98 Å². The highest BCUT2D eigenvalue weighted by molar-refractivity contribution is 7.07. The summed E-state index contributed by atoms with van der Waals surface area (Å²) in [6, 6.07) is 19.9. The first-order chi connectivity index (χ1) is 18.1. The number of aromatic nitrogens is 2. The number of nitrogens with zero attached hydrogens (tertiary/aromatic N) is 3. The normalized spacial score (nSPS) is 15.2. The zero-order valence-corrected chi connectivity index (χ0v) is 21.3. The first kappa shape index (κ1) is 24.4. The number of esters is 1. The van der Waals surface area contributed by atoms with Crippen molar-refractivity contribution in [3.05, 3.63) is 121 Å².